The SMILES string of the molecule is NCCOCCOCC(=O)NCC(=O)N(CCNC(=O)CCl)CCNC(=O)CCl. The smallest absolute Gasteiger partial charge is 0.246 e. The Kier molecular flexibility index (Phi) is 17.3. The average Bonchev–Trinajstić information content (AvgIpc) is 2.72. The van der Waals surface area contributed by atoms with Crippen molar-refractivity contribution in [3.05, 3.63) is 0 Å². The first-order valence-corrected chi connectivity index (χ1v) is 10.1. The van der Waals surface area contributed by atoms with Crippen molar-refractivity contribution in [3.8, 4) is 0 Å². The molecule has 0 radical (unpaired) electrons. The molecule has 0 spiro atoms. The summed E-state index contributed by atoms with van der Waals surface area (Å²) in [4.78, 5) is 47.9. The maximum Gasteiger partial charge on any atom is 0.246 e. The van der Waals surface area contributed by atoms with Crippen LogP contribution in [0.3, 0.4) is 0 Å². The van der Waals surface area contributed by atoms with Gasteiger partial charge in [0.05, 0.1) is 26.4 Å². The third kappa shape index (κ3) is 15.9. The molecule has 0 aliphatic heterocycles. The standard InChI is InChI=1S/C16H29Cl2N5O6/c17-9-13(24)20-2-4-23(5-3-21-14(25)10-18)16(27)11-22-15(26)12-29-8-7-28-6-1-19/h1-12,19H2,(H,20,24)(H,21,25)(H,22,26). The van der Waals surface area contributed by atoms with Gasteiger partial charge in [0.1, 0.15) is 18.4 Å². The fourth-order valence-electron chi connectivity index (χ4n) is 1.92. The van der Waals surface area contributed by atoms with Crippen LogP contribution < -0.4 is 21.7 Å². The Bertz CT molecular complexity index is 490. The minimum absolute atomic E-state index is 0.181. The molecule has 0 bridgehead atoms. The second-order valence-corrected chi connectivity index (χ2v) is 6.11. The van der Waals surface area contributed by atoms with Crippen LogP contribution in [0.5, 0.6) is 0 Å². The highest BCUT2D eigenvalue weighted by atomic mass is 35.5. The van der Waals surface area contributed by atoms with Crippen molar-refractivity contribution in [1.82, 2.24) is 20.9 Å². The van der Waals surface area contributed by atoms with Gasteiger partial charge in [-0.05, 0) is 0 Å². The van der Waals surface area contributed by atoms with Gasteiger partial charge in [0.2, 0.25) is 23.6 Å². The quantitative estimate of drug-likeness (QED) is 0.141. The van der Waals surface area contributed by atoms with Crippen molar-refractivity contribution in [3.63, 3.8) is 0 Å². The van der Waals surface area contributed by atoms with Gasteiger partial charge in [-0.1, -0.05) is 0 Å². The topological polar surface area (TPSA) is 152 Å². The Balaban J connectivity index is 4.28. The first-order valence-electron chi connectivity index (χ1n) is 8.99. The normalized spacial score (nSPS) is 10.3. The molecular weight excluding hydrogens is 429 g/mol. The van der Waals surface area contributed by atoms with E-state index in [1.165, 1.54) is 4.90 Å². The Morgan fingerprint density at radius 2 is 1.34 bits per heavy atom. The van der Waals surface area contributed by atoms with Crippen molar-refractivity contribution in [2.75, 3.05) is 77.5 Å². The Hall–Kier alpha value is -1.66. The fourth-order valence-corrected chi connectivity index (χ4v) is 2.11. The van der Waals surface area contributed by atoms with Crippen molar-refractivity contribution in [2.45, 2.75) is 0 Å². The molecule has 0 rings (SSSR count). The lowest BCUT2D eigenvalue weighted by Gasteiger charge is -2.23. The highest BCUT2D eigenvalue weighted by molar-refractivity contribution is 6.27. The number of carbonyl (C=O) groups excluding carboxylic acids is 4. The minimum Gasteiger partial charge on any atom is -0.378 e. The molecule has 0 aliphatic carbocycles. The summed E-state index contributed by atoms with van der Waals surface area (Å²) in [7, 11) is 0. The molecular formula is C16H29Cl2N5O6. The van der Waals surface area contributed by atoms with E-state index in [4.69, 9.17) is 38.4 Å². The third-order valence-electron chi connectivity index (χ3n) is 3.31. The van der Waals surface area contributed by atoms with E-state index in [1.807, 2.05) is 0 Å². The number of hydrogen-bond acceptors (Lipinski definition) is 7. The summed E-state index contributed by atoms with van der Waals surface area (Å²) in [5.41, 5.74) is 5.27. The number of alkyl halides is 2. The fraction of sp³-hybridized carbons (Fsp3) is 0.750. The number of ether oxygens (including phenoxy) is 2. The van der Waals surface area contributed by atoms with Gasteiger partial charge in [-0.3, -0.25) is 19.2 Å². The van der Waals surface area contributed by atoms with Crippen LogP contribution in [0.15, 0.2) is 0 Å². The molecule has 5 N–H and O–H groups in total. The molecule has 0 unspecified atom stereocenters. The lowest BCUT2D eigenvalue weighted by Crippen LogP contribution is -2.47. The first-order chi connectivity index (χ1) is 13.9. The maximum absolute atomic E-state index is 12.3. The van der Waals surface area contributed by atoms with Crippen LogP contribution in [-0.4, -0.2) is 106 Å². The van der Waals surface area contributed by atoms with Gasteiger partial charge in [0, 0.05) is 32.7 Å². The molecule has 0 aromatic carbocycles. The molecule has 0 aromatic heterocycles. The van der Waals surface area contributed by atoms with E-state index < -0.39 is 5.91 Å². The van der Waals surface area contributed by atoms with Gasteiger partial charge in [-0.2, -0.15) is 0 Å². The van der Waals surface area contributed by atoms with E-state index in [1.54, 1.807) is 0 Å². The molecule has 13 heteroatoms. The van der Waals surface area contributed by atoms with E-state index in [9.17, 15) is 19.2 Å². The number of amides is 4. The molecule has 0 saturated carbocycles. The van der Waals surface area contributed by atoms with Gasteiger partial charge in [0.15, 0.2) is 0 Å². The zero-order valence-corrected chi connectivity index (χ0v) is 17.7. The molecule has 0 saturated heterocycles. The molecule has 0 aliphatic rings. The summed E-state index contributed by atoms with van der Waals surface area (Å²) < 4.78 is 10.2. The van der Waals surface area contributed by atoms with Crippen LogP contribution in [0.1, 0.15) is 0 Å². The summed E-state index contributed by atoms with van der Waals surface area (Å²) in [6.45, 7) is 1.64. The number of hydrogen-bond donors (Lipinski definition) is 4. The summed E-state index contributed by atoms with van der Waals surface area (Å²) in [6.07, 6.45) is 0. The zero-order valence-electron chi connectivity index (χ0n) is 16.2. The van der Waals surface area contributed by atoms with Crippen LogP contribution in [0.4, 0.5) is 0 Å². The second-order valence-electron chi connectivity index (χ2n) is 5.58. The van der Waals surface area contributed by atoms with Crippen molar-refractivity contribution in [1.29, 1.82) is 0 Å². The van der Waals surface area contributed by atoms with Crippen LogP contribution in [0, 0.1) is 0 Å². The van der Waals surface area contributed by atoms with E-state index in [0.29, 0.717) is 19.8 Å². The molecule has 168 valence electrons. The molecule has 4 amide bonds. The summed E-state index contributed by atoms with van der Waals surface area (Å²) in [5, 5.41) is 7.54. The number of rotatable bonds is 17. The number of carbonyl (C=O) groups is 4. The van der Waals surface area contributed by atoms with E-state index in [-0.39, 0.29) is 75.4 Å². The first kappa shape index (κ1) is 27.3. The summed E-state index contributed by atoms with van der Waals surface area (Å²) >= 11 is 10.8. The number of nitrogens with one attached hydrogen (secondary N) is 3. The van der Waals surface area contributed by atoms with Gasteiger partial charge >= 0.3 is 0 Å². The van der Waals surface area contributed by atoms with Crippen LogP contribution >= 0.6 is 23.2 Å². The predicted molar refractivity (Wildman–Crippen MR) is 108 cm³/mol. The average molecular weight is 458 g/mol. The highest BCUT2D eigenvalue weighted by Gasteiger charge is 2.15. The Morgan fingerprint density at radius 3 is 1.86 bits per heavy atom. The van der Waals surface area contributed by atoms with Crippen LogP contribution in [0.25, 0.3) is 0 Å². The lowest BCUT2D eigenvalue weighted by molar-refractivity contribution is -0.134. The van der Waals surface area contributed by atoms with Gasteiger partial charge in [-0.25, -0.2) is 0 Å². The number of nitrogens with zero attached hydrogens (tertiary/aromatic N) is 1. The molecule has 0 atom stereocenters. The molecule has 0 aromatic rings. The van der Waals surface area contributed by atoms with E-state index in [2.05, 4.69) is 16.0 Å². The largest absolute Gasteiger partial charge is 0.378 e. The molecule has 0 fully saturated rings. The van der Waals surface area contributed by atoms with Gasteiger partial charge < -0.3 is 36.1 Å². The number of nitrogens with two attached hydrogens (primary N) is 1. The minimum atomic E-state index is -0.456. The van der Waals surface area contributed by atoms with Gasteiger partial charge in [-0.15, -0.1) is 23.2 Å². The van der Waals surface area contributed by atoms with Crippen LogP contribution in [0.2, 0.25) is 0 Å². The Morgan fingerprint density at radius 1 is 0.793 bits per heavy atom. The van der Waals surface area contributed by atoms with E-state index in [0.717, 1.165) is 0 Å². The van der Waals surface area contributed by atoms with Gasteiger partial charge in [0.25, 0.3) is 0 Å². The van der Waals surface area contributed by atoms with Crippen LogP contribution in [-0.2, 0) is 28.7 Å². The lowest BCUT2D eigenvalue weighted by atomic mass is 10.4. The van der Waals surface area contributed by atoms with Crippen molar-refractivity contribution in [2.24, 2.45) is 5.73 Å². The van der Waals surface area contributed by atoms with E-state index >= 15 is 0 Å². The van der Waals surface area contributed by atoms with Crippen molar-refractivity contribution >= 4 is 46.8 Å². The molecule has 11 nitrogen and oxygen atoms in total. The number of halogens is 2. The second kappa shape index (κ2) is 18.4. The summed E-state index contributed by atoms with van der Waals surface area (Å²) in [5.74, 6) is -1.95. The third-order valence-corrected chi connectivity index (χ3v) is 3.79. The molecule has 0 heterocycles. The monoisotopic (exact) mass is 457 g/mol. The highest BCUT2D eigenvalue weighted by Crippen LogP contribution is 1.90. The molecule has 29 heavy (non-hydrogen) atoms. The predicted octanol–water partition coefficient (Wildman–Crippen LogP) is -2.37. The summed E-state index contributed by atoms with van der Waals surface area (Å²) in [6, 6.07) is 0. The maximum atomic E-state index is 12.3. The Labute approximate surface area is 179 Å². The zero-order chi connectivity index (χ0) is 21.9. The van der Waals surface area contributed by atoms with Crippen molar-refractivity contribution < 1.29 is 28.7 Å².